The van der Waals surface area contributed by atoms with Gasteiger partial charge in [0.05, 0.1) is 18.1 Å². The minimum atomic E-state index is -3.76. The van der Waals surface area contributed by atoms with Crippen molar-refractivity contribution in [2.45, 2.75) is 10.1 Å². The summed E-state index contributed by atoms with van der Waals surface area (Å²) in [6.07, 6.45) is 0. The third-order valence-corrected chi connectivity index (χ3v) is 5.44. The molecule has 0 amide bonds. The Hall–Kier alpha value is -1.84. The van der Waals surface area contributed by atoms with E-state index in [1.54, 1.807) is 36.4 Å². The zero-order valence-electron chi connectivity index (χ0n) is 11.2. The first kappa shape index (κ1) is 15.5. The van der Waals surface area contributed by atoms with E-state index in [9.17, 15) is 13.7 Å². The Morgan fingerprint density at radius 3 is 2.14 bits per heavy atom. The summed E-state index contributed by atoms with van der Waals surface area (Å²) in [5, 5.41) is 8.04. The van der Waals surface area contributed by atoms with Gasteiger partial charge in [0.2, 0.25) is 0 Å². The van der Waals surface area contributed by atoms with Crippen LogP contribution < -0.4 is 4.74 Å². The summed E-state index contributed by atoms with van der Waals surface area (Å²) in [5.74, 6) is 0.608. The molecule has 0 fully saturated rings. The molecular weight excluding hydrogens is 354 g/mol. The molecule has 1 atom stereocenters. The largest absolute Gasteiger partial charge is 0.497 e. The maximum absolute atomic E-state index is 12.6. The molecule has 108 valence electrons. The lowest BCUT2D eigenvalue weighted by Crippen LogP contribution is -2.12. The van der Waals surface area contributed by atoms with Crippen molar-refractivity contribution in [2.24, 2.45) is 0 Å². The van der Waals surface area contributed by atoms with Crippen LogP contribution in [0.1, 0.15) is 10.8 Å². The van der Waals surface area contributed by atoms with Crippen molar-refractivity contribution in [3.8, 4) is 11.8 Å². The predicted octanol–water partition coefficient (Wildman–Crippen LogP) is 3.50. The fraction of sp³-hybridized carbons (Fsp3) is 0.133. The van der Waals surface area contributed by atoms with Crippen LogP contribution in [0.25, 0.3) is 0 Å². The molecular formula is C15H12BrNO3S. The molecule has 0 spiro atoms. The number of benzene rings is 2. The van der Waals surface area contributed by atoms with Crippen molar-refractivity contribution >= 4 is 25.8 Å². The third kappa shape index (κ3) is 3.26. The quantitative estimate of drug-likeness (QED) is 0.831. The van der Waals surface area contributed by atoms with E-state index in [4.69, 9.17) is 4.74 Å². The highest BCUT2D eigenvalue weighted by Crippen LogP contribution is 2.30. The van der Waals surface area contributed by atoms with Crippen LogP contribution in [0.2, 0.25) is 0 Å². The lowest BCUT2D eigenvalue weighted by atomic mass is 10.1. The van der Waals surface area contributed by atoms with E-state index in [0.717, 1.165) is 4.47 Å². The molecule has 0 saturated heterocycles. The number of hydrogen-bond donors (Lipinski definition) is 0. The standard InChI is InChI=1S/C15H12BrNO3S/c1-20-13-6-2-11(3-7-13)15(10-17)21(18,19)14-8-4-12(16)5-9-14/h2-9,15H,1H3. The van der Waals surface area contributed by atoms with E-state index in [-0.39, 0.29) is 4.90 Å². The number of methoxy groups -OCH3 is 1. The Kier molecular flexibility index (Phi) is 4.66. The van der Waals surface area contributed by atoms with Gasteiger partial charge < -0.3 is 4.74 Å². The Labute approximate surface area is 132 Å². The van der Waals surface area contributed by atoms with Crippen LogP contribution in [0.4, 0.5) is 0 Å². The van der Waals surface area contributed by atoms with Gasteiger partial charge in [-0.2, -0.15) is 5.26 Å². The second kappa shape index (κ2) is 6.29. The topological polar surface area (TPSA) is 67.2 Å². The van der Waals surface area contributed by atoms with Crippen LogP contribution in [-0.4, -0.2) is 15.5 Å². The van der Waals surface area contributed by atoms with E-state index in [2.05, 4.69) is 15.9 Å². The molecule has 2 rings (SSSR count). The molecule has 0 saturated carbocycles. The summed E-state index contributed by atoms with van der Waals surface area (Å²) < 4.78 is 30.9. The molecule has 0 aliphatic rings. The zero-order chi connectivity index (χ0) is 15.5. The monoisotopic (exact) mass is 365 g/mol. The third-order valence-electron chi connectivity index (χ3n) is 2.99. The van der Waals surface area contributed by atoms with Crippen molar-refractivity contribution in [3.05, 3.63) is 58.6 Å². The van der Waals surface area contributed by atoms with Gasteiger partial charge in [-0.3, -0.25) is 0 Å². The molecule has 1 unspecified atom stereocenters. The molecule has 0 bridgehead atoms. The number of sulfone groups is 1. The first-order chi connectivity index (χ1) is 9.98. The first-order valence-corrected chi connectivity index (χ1v) is 8.36. The Bertz CT molecular complexity index is 762. The van der Waals surface area contributed by atoms with Crippen LogP contribution in [0.15, 0.2) is 57.9 Å². The van der Waals surface area contributed by atoms with Crippen LogP contribution >= 0.6 is 15.9 Å². The average molecular weight is 366 g/mol. The normalized spacial score (nSPS) is 12.4. The number of rotatable bonds is 4. The fourth-order valence-electron chi connectivity index (χ4n) is 1.86. The second-order valence-corrected chi connectivity index (χ2v) is 7.23. The molecule has 0 N–H and O–H groups in total. The van der Waals surface area contributed by atoms with E-state index in [0.29, 0.717) is 11.3 Å². The highest BCUT2D eigenvalue weighted by molar-refractivity contribution is 9.10. The maximum atomic E-state index is 12.6. The second-order valence-electron chi connectivity index (χ2n) is 4.28. The summed E-state index contributed by atoms with van der Waals surface area (Å²) >= 11 is 3.25. The minimum absolute atomic E-state index is 0.119. The number of hydrogen-bond acceptors (Lipinski definition) is 4. The highest BCUT2D eigenvalue weighted by atomic mass is 79.9. The average Bonchev–Trinajstić information content (AvgIpc) is 2.49. The molecule has 4 nitrogen and oxygen atoms in total. The van der Waals surface area contributed by atoms with Gasteiger partial charge in [-0.15, -0.1) is 0 Å². The molecule has 0 heterocycles. The number of ether oxygens (including phenoxy) is 1. The fourth-order valence-corrected chi connectivity index (χ4v) is 3.57. The van der Waals surface area contributed by atoms with Crippen LogP contribution in [0, 0.1) is 11.3 Å². The molecule has 0 aliphatic heterocycles. The molecule has 6 heteroatoms. The minimum Gasteiger partial charge on any atom is -0.497 e. The van der Waals surface area contributed by atoms with E-state index >= 15 is 0 Å². The first-order valence-electron chi connectivity index (χ1n) is 6.02. The molecule has 0 radical (unpaired) electrons. The van der Waals surface area contributed by atoms with Gasteiger partial charge in [-0.25, -0.2) is 8.42 Å². The van der Waals surface area contributed by atoms with Crippen molar-refractivity contribution < 1.29 is 13.2 Å². The van der Waals surface area contributed by atoms with Gasteiger partial charge in [0.1, 0.15) is 5.75 Å². The number of halogens is 1. The molecule has 0 aromatic heterocycles. The molecule has 2 aromatic rings. The van der Waals surface area contributed by atoms with E-state index in [1.807, 2.05) is 6.07 Å². The summed E-state index contributed by atoms with van der Waals surface area (Å²) in [4.78, 5) is 0.119. The predicted molar refractivity (Wildman–Crippen MR) is 82.7 cm³/mol. The van der Waals surface area contributed by atoms with Gasteiger partial charge in [-0.1, -0.05) is 28.1 Å². The molecule has 2 aromatic carbocycles. The van der Waals surface area contributed by atoms with Crippen molar-refractivity contribution in [2.75, 3.05) is 7.11 Å². The number of nitriles is 1. The van der Waals surface area contributed by atoms with Gasteiger partial charge >= 0.3 is 0 Å². The maximum Gasteiger partial charge on any atom is 0.198 e. The van der Waals surface area contributed by atoms with Gasteiger partial charge in [0.25, 0.3) is 0 Å². The SMILES string of the molecule is COc1ccc(C(C#N)S(=O)(=O)c2ccc(Br)cc2)cc1. The smallest absolute Gasteiger partial charge is 0.198 e. The molecule has 0 aliphatic carbocycles. The van der Waals surface area contributed by atoms with Crippen LogP contribution in [-0.2, 0) is 9.84 Å². The lowest BCUT2D eigenvalue weighted by molar-refractivity contribution is 0.414. The van der Waals surface area contributed by atoms with E-state index in [1.165, 1.54) is 19.2 Å². The summed E-state index contributed by atoms with van der Waals surface area (Å²) in [7, 11) is -2.24. The Morgan fingerprint density at radius 1 is 1.10 bits per heavy atom. The highest BCUT2D eigenvalue weighted by Gasteiger charge is 2.29. The summed E-state index contributed by atoms with van der Waals surface area (Å²) in [5.41, 5.74) is 0.418. The van der Waals surface area contributed by atoms with E-state index < -0.39 is 15.1 Å². The van der Waals surface area contributed by atoms with Crippen molar-refractivity contribution in [1.82, 2.24) is 0 Å². The Balaban J connectivity index is 2.44. The van der Waals surface area contributed by atoms with Crippen LogP contribution in [0.3, 0.4) is 0 Å². The number of nitrogens with zero attached hydrogens (tertiary/aromatic N) is 1. The van der Waals surface area contributed by atoms with Gasteiger partial charge in [-0.05, 0) is 42.0 Å². The zero-order valence-corrected chi connectivity index (χ0v) is 13.6. The van der Waals surface area contributed by atoms with Gasteiger partial charge in [0, 0.05) is 4.47 Å². The lowest BCUT2D eigenvalue weighted by Gasteiger charge is -2.12. The van der Waals surface area contributed by atoms with Crippen molar-refractivity contribution in [1.29, 1.82) is 5.26 Å². The van der Waals surface area contributed by atoms with Crippen LogP contribution in [0.5, 0.6) is 5.75 Å². The van der Waals surface area contributed by atoms with Gasteiger partial charge in [0.15, 0.2) is 15.1 Å². The Morgan fingerprint density at radius 2 is 1.67 bits per heavy atom. The summed E-state index contributed by atoms with van der Waals surface area (Å²) in [6.45, 7) is 0. The van der Waals surface area contributed by atoms with Crippen molar-refractivity contribution in [3.63, 3.8) is 0 Å². The summed E-state index contributed by atoms with van der Waals surface area (Å²) in [6, 6.07) is 14.5. The molecule has 21 heavy (non-hydrogen) atoms.